The summed E-state index contributed by atoms with van der Waals surface area (Å²) in [6.07, 6.45) is 1.70. The third kappa shape index (κ3) is 4.35. The van der Waals surface area contributed by atoms with E-state index in [0.717, 1.165) is 16.8 Å². The SMILES string of the molecule is Cc1ccc(NC(=O)CSc2ncc(-c3ccc(C)c(C)c3)o2)c(C)c1. The molecule has 0 radical (unpaired) electrons. The van der Waals surface area contributed by atoms with Crippen LogP contribution in [0.3, 0.4) is 0 Å². The van der Waals surface area contributed by atoms with Crippen molar-refractivity contribution in [1.82, 2.24) is 4.98 Å². The normalized spacial score (nSPS) is 10.8. The van der Waals surface area contributed by atoms with Crippen LogP contribution in [0.5, 0.6) is 0 Å². The van der Waals surface area contributed by atoms with Crippen molar-refractivity contribution in [2.75, 3.05) is 11.1 Å². The molecule has 3 rings (SSSR count). The molecule has 0 spiro atoms. The predicted molar refractivity (Wildman–Crippen MR) is 107 cm³/mol. The van der Waals surface area contributed by atoms with Crippen LogP contribution in [0.4, 0.5) is 5.69 Å². The average Bonchev–Trinajstić information content (AvgIpc) is 3.07. The maximum absolute atomic E-state index is 12.2. The number of carbonyl (C=O) groups excluding carboxylic acids is 1. The smallest absolute Gasteiger partial charge is 0.256 e. The lowest BCUT2D eigenvalue weighted by molar-refractivity contribution is -0.113. The van der Waals surface area contributed by atoms with Crippen LogP contribution in [-0.2, 0) is 4.79 Å². The summed E-state index contributed by atoms with van der Waals surface area (Å²) in [7, 11) is 0. The minimum absolute atomic E-state index is 0.0760. The first-order chi connectivity index (χ1) is 12.4. The Morgan fingerprint density at radius 3 is 2.58 bits per heavy atom. The minimum Gasteiger partial charge on any atom is -0.431 e. The second-order valence-corrected chi connectivity index (χ2v) is 7.37. The highest BCUT2D eigenvalue weighted by atomic mass is 32.2. The van der Waals surface area contributed by atoms with Crippen LogP contribution in [-0.4, -0.2) is 16.6 Å². The van der Waals surface area contributed by atoms with E-state index in [1.807, 2.05) is 38.1 Å². The van der Waals surface area contributed by atoms with Crippen molar-refractivity contribution in [2.45, 2.75) is 32.9 Å². The fraction of sp³-hybridized carbons (Fsp3) is 0.238. The highest BCUT2D eigenvalue weighted by molar-refractivity contribution is 7.99. The number of anilines is 1. The molecule has 0 saturated carbocycles. The molecule has 5 heteroatoms. The first kappa shape index (κ1) is 18.3. The number of hydrogen-bond donors (Lipinski definition) is 1. The number of benzene rings is 2. The van der Waals surface area contributed by atoms with Crippen molar-refractivity contribution in [3.63, 3.8) is 0 Å². The molecule has 0 bridgehead atoms. The molecule has 2 aromatic carbocycles. The van der Waals surface area contributed by atoms with Crippen molar-refractivity contribution in [1.29, 1.82) is 0 Å². The Bertz CT molecular complexity index is 947. The minimum atomic E-state index is -0.0760. The summed E-state index contributed by atoms with van der Waals surface area (Å²) in [5.74, 6) is 0.887. The number of aryl methyl sites for hydroxylation is 4. The van der Waals surface area contributed by atoms with E-state index < -0.39 is 0 Å². The second-order valence-electron chi connectivity index (χ2n) is 6.44. The molecule has 26 heavy (non-hydrogen) atoms. The summed E-state index contributed by atoms with van der Waals surface area (Å²) in [4.78, 5) is 16.4. The van der Waals surface area contributed by atoms with E-state index >= 15 is 0 Å². The van der Waals surface area contributed by atoms with Crippen LogP contribution in [0, 0.1) is 27.7 Å². The zero-order valence-corrected chi connectivity index (χ0v) is 16.2. The third-order valence-corrected chi connectivity index (χ3v) is 5.10. The standard InChI is InChI=1S/C21H22N2O2S/c1-13-5-8-18(16(4)9-13)23-20(24)12-26-21-22-11-19(25-21)17-7-6-14(2)15(3)10-17/h5-11H,12H2,1-4H3,(H,23,24). The first-order valence-corrected chi connectivity index (χ1v) is 9.44. The molecule has 4 nitrogen and oxygen atoms in total. The molecule has 0 aliphatic rings. The van der Waals surface area contributed by atoms with Gasteiger partial charge in [0, 0.05) is 11.3 Å². The Hall–Kier alpha value is -2.53. The predicted octanol–water partition coefficient (Wildman–Crippen LogP) is 5.31. The van der Waals surface area contributed by atoms with Gasteiger partial charge in [-0.3, -0.25) is 4.79 Å². The van der Waals surface area contributed by atoms with Crippen molar-refractivity contribution < 1.29 is 9.21 Å². The van der Waals surface area contributed by atoms with Gasteiger partial charge in [-0.25, -0.2) is 4.98 Å². The number of carbonyl (C=O) groups is 1. The monoisotopic (exact) mass is 366 g/mol. The van der Waals surface area contributed by atoms with E-state index in [2.05, 4.69) is 36.3 Å². The number of thioether (sulfide) groups is 1. The van der Waals surface area contributed by atoms with Gasteiger partial charge in [-0.1, -0.05) is 41.6 Å². The van der Waals surface area contributed by atoms with Gasteiger partial charge in [-0.05, 0) is 56.5 Å². The summed E-state index contributed by atoms with van der Waals surface area (Å²) in [5, 5.41) is 3.43. The quantitative estimate of drug-likeness (QED) is 0.622. The Morgan fingerprint density at radius 1 is 1.04 bits per heavy atom. The molecule has 1 heterocycles. The zero-order chi connectivity index (χ0) is 18.7. The van der Waals surface area contributed by atoms with Gasteiger partial charge in [-0.2, -0.15) is 0 Å². The van der Waals surface area contributed by atoms with Gasteiger partial charge >= 0.3 is 0 Å². The topological polar surface area (TPSA) is 55.1 Å². The highest BCUT2D eigenvalue weighted by Crippen LogP contribution is 2.27. The molecule has 134 valence electrons. The summed E-state index contributed by atoms with van der Waals surface area (Å²) in [5.41, 5.74) is 6.51. The fourth-order valence-electron chi connectivity index (χ4n) is 2.62. The van der Waals surface area contributed by atoms with Gasteiger partial charge in [-0.15, -0.1) is 0 Å². The van der Waals surface area contributed by atoms with E-state index in [0.29, 0.717) is 11.0 Å². The Morgan fingerprint density at radius 2 is 1.85 bits per heavy atom. The lowest BCUT2D eigenvalue weighted by Crippen LogP contribution is -2.14. The Labute approximate surface area is 158 Å². The molecule has 0 aliphatic carbocycles. The fourth-order valence-corrected chi connectivity index (χ4v) is 3.22. The zero-order valence-electron chi connectivity index (χ0n) is 15.4. The van der Waals surface area contributed by atoms with Crippen molar-refractivity contribution in [2.24, 2.45) is 0 Å². The van der Waals surface area contributed by atoms with E-state index in [9.17, 15) is 4.79 Å². The molecule has 1 amide bonds. The van der Waals surface area contributed by atoms with Gasteiger partial charge in [0.1, 0.15) is 0 Å². The van der Waals surface area contributed by atoms with E-state index in [-0.39, 0.29) is 11.7 Å². The largest absolute Gasteiger partial charge is 0.431 e. The van der Waals surface area contributed by atoms with Crippen LogP contribution in [0.1, 0.15) is 22.3 Å². The lowest BCUT2D eigenvalue weighted by atomic mass is 10.1. The molecular weight excluding hydrogens is 344 g/mol. The molecule has 1 aromatic heterocycles. The second kappa shape index (κ2) is 7.79. The number of nitrogens with zero attached hydrogens (tertiary/aromatic N) is 1. The molecule has 0 aliphatic heterocycles. The van der Waals surface area contributed by atoms with Crippen LogP contribution in [0.25, 0.3) is 11.3 Å². The van der Waals surface area contributed by atoms with Gasteiger partial charge in [0.05, 0.1) is 11.9 Å². The Kier molecular flexibility index (Phi) is 5.47. The number of nitrogens with one attached hydrogen (secondary N) is 1. The van der Waals surface area contributed by atoms with Gasteiger partial charge < -0.3 is 9.73 Å². The average molecular weight is 366 g/mol. The number of oxazole rings is 1. The van der Waals surface area contributed by atoms with Crippen LogP contribution in [0.2, 0.25) is 0 Å². The van der Waals surface area contributed by atoms with Crippen molar-refractivity contribution >= 4 is 23.4 Å². The summed E-state index contributed by atoms with van der Waals surface area (Å²) in [6, 6.07) is 12.1. The molecule has 0 saturated heterocycles. The number of amides is 1. The highest BCUT2D eigenvalue weighted by Gasteiger charge is 2.11. The van der Waals surface area contributed by atoms with Crippen molar-refractivity contribution in [3.8, 4) is 11.3 Å². The molecule has 1 N–H and O–H groups in total. The van der Waals surface area contributed by atoms with E-state index in [1.165, 1.54) is 28.5 Å². The van der Waals surface area contributed by atoms with Gasteiger partial charge in [0.25, 0.3) is 5.22 Å². The number of hydrogen-bond acceptors (Lipinski definition) is 4. The first-order valence-electron chi connectivity index (χ1n) is 8.46. The van der Waals surface area contributed by atoms with E-state index in [4.69, 9.17) is 4.42 Å². The maximum atomic E-state index is 12.2. The maximum Gasteiger partial charge on any atom is 0.256 e. The number of rotatable bonds is 5. The van der Waals surface area contributed by atoms with Gasteiger partial charge in [0.15, 0.2) is 5.76 Å². The van der Waals surface area contributed by atoms with Crippen LogP contribution in [0.15, 0.2) is 52.2 Å². The molecule has 0 unspecified atom stereocenters. The molecular formula is C21H22N2O2S. The number of aromatic nitrogens is 1. The lowest BCUT2D eigenvalue weighted by Gasteiger charge is -2.08. The third-order valence-electron chi connectivity index (χ3n) is 4.26. The van der Waals surface area contributed by atoms with Gasteiger partial charge in [0.2, 0.25) is 5.91 Å². The summed E-state index contributed by atoms with van der Waals surface area (Å²) < 4.78 is 5.78. The molecule has 0 atom stereocenters. The van der Waals surface area contributed by atoms with E-state index in [1.54, 1.807) is 6.20 Å². The summed E-state index contributed by atoms with van der Waals surface area (Å²) in [6.45, 7) is 8.17. The van der Waals surface area contributed by atoms with Crippen LogP contribution < -0.4 is 5.32 Å². The Balaban J connectivity index is 1.60. The van der Waals surface area contributed by atoms with Crippen LogP contribution >= 0.6 is 11.8 Å². The van der Waals surface area contributed by atoms with Crippen molar-refractivity contribution in [3.05, 3.63) is 64.8 Å². The molecule has 0 fully saturated rings. The summed E-state index contributed by atoms with van der Waals surface area (Å²) >= 11 is 1.29. The molecule has 3 aromatic rings.